The van der Waals surface area contributed by atoms with Crippen LogP contribution in [0.5, 0.6) is 0 Å². The summed E-state index contributed by atoms with van der Waals surface area (Å²) >= 11 is 0. The number of hydrogen-bond acceptors (Lipinski definition) is 5. The van der Waals surface area contributed by atoms with Gasteiger partial charge in [-0.2, -0.15) is 0 Å². The third kappa shape index (κ3) is 4.47. The summed E-state index contributed by atoms with van der Waals surface area (Å²) in [6, 6.07) is 25.7. The van der Waals surface area contributed by atoms with E-state index in [1.54, 1.807) is 6.20 Å². The van der Waals surface area contributed by atoms with Crippen LogP contribution in [0.3, 0.4) is 0 Å². The second kappa shape index (κ2) is 12.4. The molecule has 0 amide bonds. The summed E-state index contributed by atoms with van der Waals surface area (Å²) in [5, 5.41) is 11.8. The molecule has 0 saturated carbocycles. The van der Waals surface area contributed by atoms with E-state index in [-0.39, 0.29) is 45.9 Å². The molecule has 0 aliphatic heterocycles. The molecule has 60 heavy (non-hydrogen) atoms. The van der Waals surface area contributed by atoms with E-state index in [0.29, 0.717) is 43.7 Å². The Hall–Kier alpha value is -6.73. The van der Waals surface area contributed by atoms with Gasteiger partial charge >= 0.3 is 0 Å². The fraction of sp³-hybridized carbons (Fsp3) is 0.226. The average Bonchev–Trinajstić information content (AvgIpc) is 3.23. The Morgan fingerprint density at radius 1 is 0.367 bits per heavy atom. The number of aromatic nitrogens is 3. The highest BCUT2D eigenvalue weighted by Crippen LogP contribution is 2.50. The minimum Gasteiger partial charge on any atom is -0.268 e. The van der Waals surface area contributed by atoms with Gasteiger partial charge < -0.3 is 0 Å². The number of rotatable bonds is 6. The molecule has 11 aromatic rings. The molecular weight excluding hydrogens is 743 g/mol. The van der Waals surface area contributed by atoms with Crippen LogP contribution in [0.25, 0.3) is 97.6 Å². The van der Waals surface area contributed by atoms with Gasteiger partial charge in [-0.3, -0.25) is 24.2 Å². The standard InChI is InChI=1S/C53H43N3O4/c1-24(2)28-11-9-12-29(25(3)4)48(28)55-50(57)35-17-15-33-34-16-18-36-43-40(53(60)56(51(36)58)49-30(26(5)6)13-10-14-31(49)27(7)8)22-38-41-23-54-20-19-32(41)37-21-39(52(55)59)42(35)44(33)46(37)47(38)45(34)43/h9-27H,1-8H3. The zero-order valence-corrected chi connectivity index (χ0v) is 34.9. The molecule has 0 N–H and O–H groups in total. The number of nitrogens with zero attached hydrogens (tertiary/aromatic N) is 3. The van der Waals surface area contributed by atoms with Gasteiger partial charge in [-0.1, -0.05) is 104 Å². The van der Waals surface area contributed by atoms with E-state index in [9.17, 15) is 9.59 Å². The van der Waals surface area contributed by atoms with Gasteiger partial charge in [0.2, 0.25) is 0 Å². The average molecular weight is 786 g/mol. The molecule has 0 fully saturated rings. The fourth-order valence-electron chi connectivity index (χ4n) is 10.7. The van der Waals surface area contributed by atoms with Crippen molar-refractivity contribution in [2.24, 2.45) is 0 Å². The predicted octanol–water partition coefficient (Wildman–Crippen LogP) is 11.6. The smallest absolute Gasteiger partial charge is 0.266 e. The normalized spacial score (nSPS) is 12.9. The lowest BCUT2D eigenvalue weighted by molar-refractivity contribution is 0.792. The maximum Gasteiger partial charge on any atom is 0.266 e. The maximum atomic E-state index is 15.2. The predicted molar refractivity (Wildman–Crippen MR) is 249 cm³/mol. The van der Waals surface area contributed by atoms with Crippen LogP contribution < -0.4 is 22.2 Å². The Labute approximate surface area is 344 Å². The lowest BCUT2D eigenvalue weighted by Gasteiger charge is -2.24. The molecule has 3 aromatic heterocycles. The molecule has 0 aliphatic rings. The molecular formula is C53H43N3O4. The highest BCUT2D eigenvalue weighted by molar-refractivity contribution is 6.48. The van der Waals surface area contributed by atoms with Crippen molar-refractivity contribution in [2.45, 2.75) is 79.1 Å². The van der Waals surface area contributed by atoms with Crippen molar-refractivity contribution >= 4 is 86.2 Å². The zero-order valence-electron chi connectivity index (χ0n) is 34.9. The van der Waals surface area contributed by atoms with Gasteiger partial charge in [-0.05, 0) is 125 Å². The van der Waals surface area contributed by atoms with Gasteiger partial charge in [0.15, 0.2) is 0 Å². The molecule has 3 heterocycles. The first kappa shape index (κ1) is 36.4. The molecule has 294 valence electrons. The van der Waals surface area contributed by atoms with Gasteiger partial charge in [-0.15, -0.1) is 0 Å². The molecule has 0 aliphatic carbocycles. The second-order valence-electron chi connectivity index (χ2n) is 18.0. The highest BCUT2D eigenvalue weighted by atomic mass is 16.2. The second-order valence-corrected chi connectivity index (χ2v) is 18.0. The SMILES string of the molecule is CC(C)c1cccc(C(C)C)c1-n1c(=O)c2ccc3c4ccc5c(=O)n(-c6c(C(C)C)cccc6C(C)C)c(=O)c6cc7c8cnccc8c8cc(c1=O)c2c3c8c7c4c56. The highest BCUT2D eigenvalue weighted by Gasteiger charge is 2.30. The summed E-state index contributed by atoms with van der Waals surface area (Å²) in [6.45, 7) is 16.7. The Morgan fingerprint density at radius 3 is 1.12 bits per heavy atom. The van der Waals surface area contributed by atoms with E-state index in [1.807, 2.05) is 85.1 Å². The van der Waals surface area contributed by atoms with Crippen LogP contribution in [0.4, 0.5) is 0 Å². The molecule has 0 spiro atoms. The number of para-hydroxylation sites is 2. The first-order chi connectivity index (χ1) is 28.8. The van der Waals surface area contributed by atoms with Gasteiger partial charge in [0.05, 0.1) is 11.4 Å². The minimum absolute atomic E-state index is 0.0697. The number of hydrogen-bond donors (Lipinski definition) is 0. The molecule has 0 atom stereocenters. The summed E-state index contributed by atoms with van der Waals surface area (Å²) in [6.07, 6.45) is 3.59. The monoisotopic (exact) mass is 785 g/mol. The molecule has 8 aromatic carbocycles. The summed E-state index contributed by atoms with van der Waals surface area (Å²) in [5.74, 6) is 0.281. The molecule has 0 radical (unpaired) electrons. The fourth-order valence-corrected chi connectivity index (χ4v) is 10.7. The van der Waals surface area contributed by atoms with E-state index in [2.05, 4.69) is 60.4 Å². The first-order valence-electron chi connectivity index (χ1n) is 21.1. The van der Waals surface area contributed by atoms with Gasteiger partial charge in [0.1, 0.15) is 0 Å². The zero-order chi connectivity index (χ0) is 41.8. The van der Waals surface area contributed by atoms with E-state index < -0.39 is 0 Å². The van der Waals surface area contributed by atoms with Crippen LogP contribution in [-0.4, -0.2) is 14.1 Å². The molecule has 11 rings (SSSR count). The molecule has 7 heteroatoms. The van der Waals surface area contributed by atoms with E-state index in [0.717, 1.165) is 76.1 Å². The topological polar surface area (TPSA) is 91.0 Å². The van der Waals surface area contributed by atoms with Gasteiger partial charge in [0.25, 0.3) is 22.2 Å². The van der Waals surface area contributed by atoms with Crippen molar-refractivity contribution in [3.05, 3.63) is 155 Å². The Bertz CT molecular complexity index is 3570. The van der Waals surface area contributed by atoms with Crippen molar-refractivity contribution in [3.8, 4) is 11.4 Å². The van der Waals surface area contributed by atoms with Crippen LogP contribution in [-0.2, 0) is 0 Å². The lowest BCUT2D eigenvalue weighted by atomic mass is 9.81. The lowest BCUT2D eigenvalue weighted by Crippen LogP contribution is -2.34. The Balaban J connectivity index is 1.38. The number of fused-ring (bicyclic) bond motifs is 4. The van der Waals surface area contributed by atoms with Crippen molar-refractivity contribution in [3.63, 3.8) is 0 Å². The van der Waals surface area contributed by atoms with Crippen molar-refractivity contribution in [1.29, 1.82) is 0 Å². The van der Waals surface area contributed by atoms with Crippen LogP contribution in [0.15, 0.2) is 110 Å². The Kier molecular flexibility index (Phi) is 7.51. The van der Waals surface area contributed by atoms with Crippen LogP contribution >= 0.6 is 0 Å². The maximum absolute atomic E-state index is 15.2. The van der Waals surface area contributed by atoms with Crippen molar-refractivity contribution in [1.82, 2.24) is 14.1 Å². The van der Waals surface area contributed by atoms with E-state index in [1.165, 1.54) is 9.13 Å². The van der Waals surface area contributed by atoms with Crippen LogP contribution in [0, 0.1) is 0 Å². The minimum atomic E-state index is -0.353. The molecule has 0 unspecified atom stereocenters. The van der Waals surface area contributed by atoms with Crippen LogP contribution in [0.1, 0.15) is 101 Å². The summed E-state index contributed by atoms with van der Waals surface area (Å²) in [4.78, 5) is 65.0. The number of benzene rings is 8. The third-order valence-electron chi connectivity index (χ3n) is 13.4. The van der Waals surface area contributed by atoms with Gasteiger partial charge in [0, 0.05) is 50.1 Å². The van der Waals surface area contributed by atoms with Crippen molar-refractivity contribution < 1.29 is 0 Å². The third-order valence-corrected chi connectivity index (χ3v) is 13.4. The Morgan fingerprint density at radius 2 is 0.717 bits per heavy atom. The molecule has 0 saturated heterocycles. The quantitative estimate of drug-likeness (QED) is 0.124. The molecule has 0 bridgehead atoms. The largest absolute Gasteiger partial charge is 0.268 e. The van der Waals surface area contributed by atoms with Crippen LogP contribution in [0.2, 0.25) is 0 Å². The molecule has 7 nitrogen and oxygen atoms in total. The summed E-state index contributed by atoms with van der Waals surface area (Å²) < 4.78 is 2.84. The van der Waals surface area contributed by atoms with E-state index in [4.69, 9.17) is 0 Å². The first-order valence-corrected chi connectivity index (χ1v) is 21.1. The van der Waals surface area contributed by atoms with Gasteiger partial charge in [-0.25, -0.2) is 9.13 Å². The summed E-state index contributed by atoms with van der Waals surface area (Å²) in [5.41, 5.74) is 3.73. The number of pyridine rings is 3. The van der Waals surface area contributed by atoms with Crippen molar-refractivity contribution in [2.75, 3.05) is 0 Å². The summed E-state index contributed by atoms with van der Waals surface area (Å²) in [7, 11) is 0. The van der Waals surface area contributed by atoms with E-state index >= 15 is 9.59 Å².